The molecule has 1 aromatic rings. The molecule has 2 atom stereocenters. The Morgan fingerprint density at radius 3 is 2.33 bits per heavy atom. The van der Waals surface area contributed by atoms with Gasteiger partial charge in [-0.15, -0.1) is 5.25 Å². The molecule has 0 bridgehead atoms. The van der Waals surface area contributed by atoms with Crippen LogP contribution in [0.3, 0.4) is 0 Å². The van der Waals surface area contributed by atoms with Gasteiger partial charge in [-0.25, -0.2) is 4.39 Å². The molecule has 0 radical (unpaired) electrons. The van der Waals surface area contributed by atoms with Crippen LogP contribution >= 0.6 is 19.1 Å². The summed E-state index contributed by atoms with van der Waals surface area (Å²) >= 11 is 6.42. The predicted octanol–water partition coefficient (Wildman–Crippen LogP) is 7.54. The van der Waals surface area contributed by atoms with Gasteiger partial charge in [0.05, 0.1) is 11.6 Å². The van der Waals surface area contributed by atoms with Crippen molar-refractivity contribution in [2.24, 2.45) is 23.7 Å². The minimum atomic E-state index is -3.82. The van der Waals surface area contributed by atoms with Crippen molar-refractivity contribution in [1.29, 1.82) is 0 Å². The van der Waals surface area contributed by atoms with E-state index in [4.69, 9.17) is 21.5 Å². The first-order valence-corrected chi connectivity index (χ1v) is 14.8. The van der Waals surface area contributed by atoms with Crippen LogP contribution in [0.2, 0.25) is 5.02 Å². The van der Waals surface area contributed by atoms with Crippen LogP contribution < -0.4 is 9.99 Å². The lowest BCUT2D eigenvalue weighted by atomic mass is 9.68. The van der Waals surface area contributed by atoms with Gasteiger partial charge in [0, 0.05) is 12.1 Å². The van der Waals surface area contributed by atoms with Gasteiger partial charge in [-0.3, -0.25) is 4.57 Å². The number of nitrogens with one attached hydrogen (secondary N) is 1. The van der Waals surface area contributed by atoms with Crippen LogP contribution in [0, 0.1) is 29.5 Å². The minimum absolute atomic E-state index is 0.0461. The molecule has 0 heterocycles. The highest BCUT2D eigenvalue weighted by atomic mass is 35.5. The van der Waals surface area contributed by atoms with Gasteiger partial charge in [0.25, 0.3) is 7.52 Å². The summed E-state index contributed by atoms with van der Waals surface area (Å²) in [5.41, 5.74) is 0.865. The topological polar surface area (TPSA) is 78.8 Å². The molecule has 0 saturated heterocycles. The fraction of sp³-hybridized carbons (Fsp3) is 0.760. The summed E-state index contributed by atoms with van der Waals surface area (Å²) in [6.07, 6.45) is 12.5. The second-order valence-electron chi connectivity index (χ2n) is 10.4. The summed E-state index contributed by atoms with van der Waals surface area (Å²) in [5, 5.41) is 10.3. The lowest BCUT2D eigenvalue weighted by molar-refractivity contribution is 0.156. The SMILES string of the molecule is CCCC1CCC(C2CCC(c3ccc(OC[C@@H](C)CP(=O)(O)NO)c(F)c3Cl)CC2)CC1. The van der Waals surface area contributed by atoms with E-state index in [2.05, 4.69) is 6.92 Å². The molecule has 0 amide bonds. The van der Waals surface area contributed by atoms with Crippen LogP contribution in [0.4, 0.5) is 4.39 Å². The van der Waals surface area contributed by atoms with E-state index in [9.17, 15) is 13.8 Å². The van der Waals surface area contributed by atoms with Crippen LogP contribution in [0.25, 0.3) is 0 Å². The molecule has 0 aromatic heterocycles. The summed E-state index contributed by atoms with van der Waals surface area (Å²) in [6, 6.07) is 3.49. The predicted molar refractivity (Wildman–Crippen MR) is 131 cm³/mol. The maximum atomic E-state index is 14.9. The fourth-order valence-corrected chi connectivity index (χ4v) is 7.32. The number of benzene rings is 1. The van der Waals surface area contributed by atoms with Gasteiger partial charge in [0.1, 0.15) is 0 Å². The Labute approximate surface area is 202 Å². The number of hydrogen-bond acceptors (Lipinski definition) is 3. The van der Waals surface area contributed by atoms with Crippen LogP contribution in [0.15, 0.2) is 12.1 Å². The van der Waals surface area contributed by atoms with Crippen molar-refractivity contribution in [3.05, 3.63) is 28.5 Å². The van der Waals surface area contributed by atoms with E-state index in [-0.39, 0.29) is 35.4 Å². The second kappa shape index (κ2) is 12.4. The van der Waals surface area contributed by atoms with Crippen LogP contribution in [0.5, 0.6) is 5.75 Å². The van der Waals surface area contributed by atoms with Crippen LogP contribution in [-0.2, 0) is 4.57 Å². The average Bonchev–Trinajstić information content (AvgIpc) is 2.81. The Hall–Kier alpha value is -0.650. The van der Waals surface area contributed by atoms with E-state index in [1.165, 1.54) is 56.6 Å². The quantitative estimate of drug-likeness (QED) is 0.227. The van der Waals surface area contributed by atoms with Crippen LogP contribution in [-0.4, -0.2) is 22.9 Å². The smallest absolute Gasteiger partial charge is 0.289 e. The maximum Gasteiger partial charge on any atom is 0.289 e. The summed E-state index contributed by atoms with van der Waals surface area (Å²) < 4.78 is 32.0. The zero-order valence-electron chi connectivity index (χ0n) is 19.9. The molecule has 3 N–H and O–H groups in total. The molecule has 3 rings (SSSR count). The molecule has 1 unspecified atom stereocenters. The Balaban J connectivity index is 1.52. The van der Waals surface area contributed by atoms with Gasteiger partial charge in [0.15, 0.2) is 11.6 Å². The third kappa shape index (κ3) is 7.41. The molecule has 33 heavy (non-hydrogen) atoms. The van der Waals surface area contributed by atoms with E-state index in [1.807, 2.05) is 6.07 Å². The largest absolute Gasteiger partial charge is 0.490 e. The first kappa shape index (κ1) is 26.9. The molecule has 0 aliphatic heterocycles. The lowest BCUT2D eigenvalue weighted by Crippen LogP contribution is -2.25. The fourth-order valence-electron chi connectivity index (χ4n) is 5.98. The van der Waals surface area contributed by atoms with Crippen molar-refractivity contribution in [2.45, 2.75) is 84.0 Å². The molecular formula is C25H40ClFNO4P. The number of rotatable bonds is 10. The van der Waals surface area contributed by atoms with Crippen molar-refractivity contribution >= 4 is 19.1 Å². The van der Waals surface area contributed by atoms with Gasteiger partial charge < -0.3 is 14.8 Å². The maximum absolute atomic E-state index is 14.9. The number of hydrogen-bond donors (Lipinski definition) is 3. The zero-order chi connectivity index (χ0) is 24.0. The van der Waals surface area contributed by atoms with Crippen molar-refractivity contribution < 1.29 is 23.8 Å². The third-order valence-electron chi connectivity index (χ3n) is 7.78. The molecule has 188 valence electrons. The summed E-state index contributed by atoms with van der Waals surface area (Å²) in [7, 11) is -3.82. The molecule has 2 aliphatic carbocycles. The summed E-state index contributed by atoms with van der Waals surface area (Å²) in [4.78, 5) is 9.45. The second-order valence-corrected chi connectivity index (χ2v) is 12.7. The van der Waals surface area contributed by atoms with E-state index in [1.54, 1.807) is 13.0 Å². The first-order valence-electron chi connectivity index (χ1n) is 12.6. The molecular weight excluding hydrogens is 464 g/mol. The zero-order valence-corrected chi connectivity index (χ0v) is 21.6. The van der Waals surface area contributed by atoms with Crippen molar-refractivity contribution in [3.8, 4) is 5.75 Å². The molecule has 2 aliphatic rings. The van der Waals surface area contributed by atoms with Gasteiger partial charge in [-0.05, 0) is 73.8 Å². The number of halogens is 2. The van der Waals surface area contributed by atoms with Crippen molar-refractivity contribution in [1.82, 2.24) is 5.25 Å². The van der Waals surface area contributed by atoms with Gasteiger partial charge in [-0.1, -0.05) is 57.2 Å². The van der Waals surface area contributed by atoms with E-state index in [0.29, 0.717) is 0 Å². The Morgan fingerprint density at radius 1 is 1.15 bits per heavy atom. The highest BCUT2D eigenvalue weighted by Gasteiger charge is 2.32. The minimum Gasteiger partial charge on any atom is -0.490 e. The first-order chi connectivity index (χ1) is 15.7. The van der Waals surface area contributed by atoms with E-state index >= 15 is 0 Å². The monoisotopic (exact) mass is 503 g/mol. The Kier molecular flexibility index (Phi) is 10.1. The average molecular weight is 504 g/mol. The molecule has 5 nitrogen and oxygen atoms in total. The highest BCUT2D eigenvalue weighted by Crippen LogP contribution is 2.46. The lowest BCUT2D eigenvalue weighted by Gasteiger charge is -2.38. The van der Waals surface area contributed by atoms with Crippen molar-refractivity contribution in [2.75, 3.05) is 12.8 Å². The molecule has 2 saturated carbocycles. The number of ether oxygens (including phenoxy) is 1. The molecule has 2 fully saturated rings. The molecule has 0 spiro atoms. The van der Waals surface area contributed by atoms with E-state index in [0.717, 1.165) is 36.2 Å². The van der Waals surface area contributed by atoms with Gasteiger partial charge >= 0.3 is 0 Å². The van der Waals surface area contributed by atoms with Crippen molar-refractivity contribution in [3.63, 3.8) is 0 Å². The Bertz CT molecular complexity index is 810. The van der Waals surface area contributed by atoms with Gasteiger partial charge in [0.2, 0.25) is 0 Å². The highest BCUT2D eigenvalue weighted by molar-refractivity contribution is 7.55. The third-order valence-corrected chi connectivity index (χ3v) is 9.60. The summed E-state index contributed by atoms with van der Waals surface area (Å²) in [5.74, 6) is 2.01. The normalized spacial score (nSPS) is 28.8. The summed E-state index contributed by atoms with van der Waals surface area (Å²) in [6.45, 7) is 4.03. The van der Waals surface area contributed by atoms with E-state index < -0.39 is 13.3 Å². The standard InChI is InChI=1S/C25H40ClFNO4P/c1-3-4-18-5-7-19(8-6-18)20-9-11-21(12-10-20)22-13-14-23(25(27)24(22)26)32-15-17(2)16-33(30,31)28-29/h13-14,17-21,29H,3-12,15-16H2,1-2H3,(H2,28,30,31)/t17-,18?,19?,20?,21?/m1/s1. The Morgan fingerprint density at radius 2 is 1.76 bits per heavy atom. The molecule has 1 aromatic carbocycles. The van der Waals surface area contributed by atoms with Crippen LogP contribution in [0.1, 0.15) is 89.5 Å². The van der Waals surface area contributed by atoms with Gasteiger partial charge in [-0.2, -0.15) is 0 Å². The molecule has 8 heteroatoms.